The number of nitrogens with one attached hydrogen (secondary N) is 2. The Kier molecular flexibility index (Phi) is 4.93. The van der Waals surface area contributed by atoms with Gasteiger partial charge >= 0.3 is 0 Å². The van der Waals surface area contributed by atoms with Gasteiger partial charge in [0.1, 0.15) is 5.82 Å². The first kappa shape index (κ1) is 18.7. The molecule has 27 heavy (non-hydrogen) atoms. The quantitative estimate of drug-likeness (QED) is 0.700. The molecule has 2 heterocycles. The van der Waals surface area contributed by atoms with Crippen molar-refractivity contribution in [2.75, 3.05) is 5.75 Å². The zero-order chi connectivity index (χ0) is 19.1. The standard InChI is InChI=1S/C20H26N4OS2/c1-19(2)13-8-9-20(19,3)15(11-13)21-17(25)12-27-18-22-16(23-24-18)7-6-14-5-4-10-26-14/h4-7,10,13,15H,8-9,11-12H2,1-3H3,(H,21,25)(H,22,23,24)/b7-6+. The molecule has 0 aromatic carbocycles. The van der Waals surface area contributed by atoms with Crippen molar-refractivity contribution in [2.24, 2.45) is 16.7 Å². The summed E-state index contributed by atoms with van der Waals surface area (Å²) in [4.78, 5) is 18.1. The summed E-state index contributed by atoms with van der Waals surface area (Å²) in [6.07, 6.45) is 7.52. The lowest BCUT2D eigenvalue weighted by Gasteiger charge is -2.39. The van der Waals surface area contributed by atoms with Crippen LogP contribution in [0, 0.1) is 16.7 Å². The van der Waals surface area contributed by atoms with Gasteiger partial charge in [0.15, 0.2) is 0 Å². The van der Waals surface area contributed by atoms with Crippen LogP contribution in [0.4, 0.5) is 0 Å². The van der Waals surface area contributed by atoms with E-state index >= 15 is 0 Å². The third kappa shape index (κ3) is 3.47. The maximum Gasteiger partial charge on any atom is 0.230 e. The summed E-state index contributed by atoms with van der Waals surface area (Å²) in [6.45, 7) is 7.08. The van der Waals surface area contributed by atoms with Crippen LogP contribution in [0.15, 0.2) is 22.7 Å². The number of aromatic nitrogens is 3. The molecule has 144 valence electrons. The molecule has 0 saturated heterocycles. The van der Waals surface area contributed by atoms with Crippen LogP contribution in [0.2, 0.25) is 0 Å². The van der Waals surface area contributed by atoms with Crippen molar-refractivity contribution in [3.05, 3.63) is 28.2 Å². The van der Waals surface area contributed by atoms with E-state index in [-0.39, 0.29) is 17.4 Å². The highest BCUT2D eigenvalue weighted by Gasteiger charge is 2.61. The van der Waals surface area contributed by atoms with Crippen molar-refractivity contribution in [3.63, 3.8) is 0 Å². The van der Waals surface area contributed by atoms with Gasteiger partial charge in [0.2, 0.25) is 11.1 Å². The van der Waals surface area contributed by atoms with Gasteiger partial charge < -0.3 is 5.32 Å². The number of H-pyrrole nitrogens is 1. The first-order valence-corrected chi connectivity index (χ1v) is 11.3. The highest BCUT2D eigenvalue weighted by atomic mass is 32.2. The summed E-state index contributed by atoms with van der Waals surface area (Å²) >= 11 is 3.05. The zero-order valence-corrected chi connectivity index (χ0v) is 17.6. The van der Waals surface area contributed by atoms with Crippen LogP contribution >= 0.6 is 23.1 Å². The molecule has 2 aliphatic carbocycles. The summed E-state index contributed by atoms with van der Waals surface area (Å²) in [6, 6.07) is 4.35. The van der Waals surface area contributed by atoms with E-state index < -0.39 is 0 Å². The largest absolute Gasteiger partial charge is 0.352 e. The smallest absolute Gasteiger partial charge is 0.230 e. The molecular weight excluding hydrogens is 376 g/mol. The normalized spacial score (nSPS) is 28.9. The van der Waals surface area contributed by atoms with E-state index in [0.29, 0.717) is 22.1 Å². The van der Waals surface area contributed by atoms with Crippen LogP contribution in [0.3, 0.4) is 0 Å². The van der Waals surface area contributed by atoms with Crippen molar-refractivity contribution in [1.82, 2.24) is 20.5 Å². The van der Waals surface area contributed by atoms with Gasteiger partial charge in [-0.1, -0.05) is 38.6 Å². The van der Waals surface area contributed by atoms with Gasteiger partial charge in [0.05, 0.1) is 5.75 Å². The second kappa shape index (κ2) is 7.09. The number of fused-ring (bicyclic) bond motifs is 2. The summed E-state index contributed by atoms with van der Waals surface area (Å²) in [5.41, 5.74) is 0.522. The maximum absolute atomic E-state index is 12.5. The summed E-state index contributed by atoms with van der Waals surface area (Å²) in [7, 11) is 0. The second-order valence-electron chi connectivity index (χ2n) is 8.37. The number of hydrogen-bond acceptors (Lipinski definition) is 5. The molecule has 2 fully saturated rings. The summed E-state index contributed by atoms with van der Waals surface area (Å²) < 4.78 is 0. The SMILES string of the molecule is CC1(C)C2CCC1(C)C(NC(=O)CSc1n[nH]c(/C=C/c3cccs3)n1)C2. The predicted molar refractivity (Wildman–Crippen MR) is 112 cm³/mol. The molecule has 7 heteroatoms. The summed E-state index contributed by atoms with van der Waals surface area (Å²) in [5, 5.41) is 13.0. The second-order valence-corrected chi connectivity index (χ2v) is 10.3. The molecule has 2 aliphatic rings. The van der Waals surface area contributed by atoms with E-state index in [2.05, 4.69) is 47.3 Å². The highest BCUT2D eigenvalue weighted by Crippen LogP contribution is 2.65. The Bertz CT molecular complexity index is 842. The molecule has 0 aliphatic heterocycles. The fourth-order valence-corrected chi connectivity index (χ4v) is 5.97. The number of nitrogens with zero attached hydrogens (tertiary/aromatic N) is 2. The van der Waals surface area contributed by atoms with Crippen LogP contribution in [0.5, 0.6) is 0 Å². The fourth-order valence-electron chi connectivity index (χ4n) is 4.73. The lowest BCUT2D eigenvalue weighted by Crippen LogP contribution is -2.47. The van der Waals surface area contributed by atoms with Crippen molar-refractivity contribution in [3.8, 4) is 0 Å². The van der Waals surface area contributed by atoms with Crippen LogP contribution in [0.25, 0.3) is 12.2 Å². The number of thiophene rings is 1. The van der Waals surface area contributed by atoms with E-state index in [0.717, 1.165) is 12.3 Å². The van der Waals surface area contributed by atoms with Crippen LogP contribution < -0.4 is 5.32 Å². The Balaban J connectivity index is 1.29. The van der Waals surface area contributed by atoms with E-state index in [4.69, 9.17) is 0 Å². The molecular formula is C20H26N4OS2. The fraction of sp³-hybridized carbons (Fsp3) is 0.550. The molecule has 1 amide bonds. The van der Waals surface area contributed by atoms with E-state index in [1.165, 1.54) is 29.5 Å². The van der Waals surface area contributed by atoms with Gasteiger partial charge in [0, 0.05) is 10.9 Å². The van der Waals surface area contributed by atoms with Crippen molar-refractivity contribution in [2.45, 2.75) is 51.2 Å². The van der Waals surface area contributed by atoms with E-state index in [9.17, 15) is 4.79 Å². The van der Waals surface area contributed by atoms with Gasteiger partial charge in [-0.05, 0) is 59.6 Å². The molecule has 0 radical (unpaired) electrons. The first-order valence-electron chi connectivity index (χ1n) is 9.45. The van der Waals surface area contributed by atoms with Crippen LogP contribution in [-0.4, -0.2) is 32.9 Å². The molecule has 2 N–H and O–H groups in total. The molecule has 3 unspecified atom stereocenters. The molecule has 2 aromatic heterocycles. The lowest BCUT2D eigenvalue weighted by molar-refractivity contribution is -0.120. The molecule has 2 saturated carbocycles. The van der Waals surface area contributed by atoms with Crippen molar-refractivity contribution in [1.29, 1.82) is 0 Å². The Hall–Kier alpha value is -1.60. The molecule has 2 aromatic rings. The lowest BCUT2D eigenvalue weighted by atomic mass is 9.69. The van der Waals surface area contributed by atoms with Gasteiger partial charge in [0.25, 0.3) is 0 Å². The minimum Gasteiger partial charge on any atom is -0.352 e. The maximum atomic E-state index is 12.5. The number of thioether (sulfide) groups is 1. The van der Waals surface area contributed by atoms with Gasteiger partial charge in [-0.2, -0.15) is 0 Å². The third-order valence-electron chi connectivity index (χ3n) is 6.89. The van der Waals surface area contributed by atoms with E-state index in [1.807, 2.05) is 23.6 Å². The molecule has 0 spiro atoms. The summed E-state index contributed by atoms with van der Waals surface area (Å²) in [5.74, 6) is 1.86. The topological polar surface area (TPSA) is 70.7 Å². The average Bonchev–Trinajstić information content (AvgIpc) is 3.37. The Labute approximate surface area is 168 Å². The number of amides is 1. The highest BCUT2D eigenvalue weighted by molar-refractivity contribution is 7.99. The van der Waals surface area contributed by atoms with Gasteiger partial charge in [-0.3, -0.25) is 9.89 Å². The number of rotatable bonds is 6. The van der Waals surface area contributed by atoms with Crippen LogP contribution in [-0.2, 0) is 4.79 Å². The third-order valence-corrected chi connectivity index (χ3v) is 8.58. The zero-order valence-electron chi connectivity index (χ0n) is 16.0. The average molecular weight is 403 g/mol. The molecule has 5 nitrogen and oxygen atoms in total. The van der Waals surface area contributed by atoms with Crippen molar-refractivity contribution < 1.29 is 4.79 Å². The van der Waals surface area contributed by atoms with Gasteiger partial charge in [-0.25, -0.2) is 4.98 Å². The number of hydrogen-bond donors (Lipinski definition) is 2. The molecule has 2 bridgehead atoms. The number of carbonyl (C=O) groups excluding carboxylic acids is 1. The number of aromatic amines is 1. The Morgan fingerprint density at radius 2 is 2.30 bits per heavy atom. The number of carbonyl (C=O) groups is 1. The van der Waals surface area contributed by atoms with Crippen LogP contribution in [0.1, 0.15) is 50.7 Å². The van der Waals surface area contributed by atoms with E-state index in [1.54, 1.807) is 11.3 Å². The minimum absolute atomic E-state index is 0.0788. The van der Waals surface area contributed by atoms with Gasteiger partial charge in [-0.15, -0.1) is 16.4 Å². The molecule has 3 atom stereocenters. The van der Waals surface area contributed by atoms with Crippen molar-refractivity contribution >= 4 is 41.2 Å². The predicted octanol–water partition coefficient (Wildman–Crippen LogP) is 4.46. The minimum atomic E-state index is 0.0788. The Morgan fingerprint density at radius 1 is 1.44 bits per heavy atom. The Morgan fingerprint density at radius 3 is 2.96 bits per heavy atom. The first-order chi connectivity index (χ1) is 12.9. The molecule has 4 rings (SSSR count). The monoisotopic (exact) mass is 402 g/mol.